The second-order valence-corrected chi connectivity index (χ2v) is 6.36. The number of benzene rings is 2. The van der Waals surface area contributed by atoms with Gasteiger partial charge in [0.25, 0.3) is 0 Å². The topological polar surface area (TPSA) is 95.6 Å². The van der Waals surface area contributed by atoms with E-state index < -0.39 is 11.6 Å². The summed E-state index contributed by atoms with van der Waals surface area (Å²) >= 11 is 5.96. The minimum atomic E-state index is -0.994. The van der Waals surface area contributed by atoms with Crippen molar-refractivity contribution in [2.75, 3.05) is 11.5 Å². The zero-order valence-corrected chi connectivity index (χ0v) is 14.8. The molecule has 2 heterocycles. The standard InChI is InChI=1S/C18H13ClF2N6/c1-8-24-13-6-11(20)12(21)7-14(13)27(8)17-15(16(22)25-18(23)26-17)9-2-4-10(19)5-3-9/h2-7H,1H3,(H4,22,23,25,26). The number of nitrogens with zero attached hydrogens (tertiary/aromatic N) is 4. The number of hydrogen-bond donors (Lipinski definition) is 2. The van der Waals surface area contributed by atoms with Crippen LogP contribution >= 0.6 is 11.6 Å². The van der Waals surface area contributed by atoms with Crippen LogP contribution in [0.25, 0.3) is 28.0 Å². The van der Waals surface area contributed by atoms with Crippen LogP contribution in [0.4, 0.5) is 20.5 Å². The average molecular weight is 387 g/mol. The molecule has 136 valence electrons. The molecule has 6 nitrogen and oxygen atoms in total. The van der Waals surface area contributed by atoms with E-state index in [1.165, 1.54) is 0 Å². The lowest BCUT2D eigenvalue weighted by Crippen LogP contribution is -2.10. The van der Waals surface area contributed by atoms with E-state index in [1.807, 2.05) is 0 Å². The summed E-state index contributed by atoms with van der Waals surface area (Å²) in [6.45, 7) is 1.69. The molecule has 2 aromatic carbocycles. The Kier molecular flexibility index (Phi) is 3.92. The monoisotopic (exact) mass is 386 g/mol. The van der Waals surface area contributed by atoms with Crippen LogP contribution in [0, 0.1) is 18.6 Å². The van der Waals surface area contributed by atoms with E-state index in [0.29, 0.717) is 33.3 Å². The van der Waals surface area contributed by atoms with Gasteiger partial charge in [-0.1, -0.05) is 23.7 Å². The van der Waals surface area contributed by atoms with Crippen molar-refractivity contribution < 1.29 is 8.78 Å². The third-order valence-corrected chi connectivity index (χ3v) is 4.40. The Morgan fingerprint density at radius 1 is 0.963 bits per heavy atom. The predicted molar refractivity (Wildman–Crippen MR) is 101 cm³/mol. The van der Waals surface area contributed by atoms with Crippen LogP contribution in [0.15, 0.2) is 36.4 Å². The molecule has 0 amide bonds. The summed E-state index contributed by atoms with van der Waals surface area (Å²) in [5, 5.41) is 0.553. The molecule has 0 saturated carbocycles. The van der Waals surface area contributed by atoms with Gasteiger partial charge in [0, 0.05) is 17.2 Å². The van der Waals surface area contributed by atoms with Gasteiger partial charge in [-0.15, -0.1) is 0 Å². The summed E-state index contributed by atoms with van der Waals surface area (Å²) in [7, 11) is 0. The lowest BCUT2D eigenvalue weighted by Gasteiger charge is -2.15. The Labute approximate surface area is 157 Å². The Bertz CT molecular complexity index is 1190. The maximum atomic E-state index is 13.9. The zero-order valence-electron chi connectivity index (χ0n) is 14.0. The molecule has 4 rings (SSSR count). The van der Waals surface area contributed by atoms with E-state index >= 15 is 0 Å². The van der Waals surface area contributed by atoms with E-state index in [2.05, 4.69) is 15.0 Å². The highest BCUT2D eigenvalue weighted by atomic mass is 35.5. The van der Waals surface area contributed by atoms with Gasteiger partial charge in [0.1, 0.15) is 11.6 Å². The molecule has 0 unspecified atom stereocenters. The van der Waals surface area contributed by atoms with Gasteiger partial charge in [0.15, 0.2) is 17.5 Å². The second-order valence-electron chi connectivity index (χ2n) is 5.92. The first kappa shape index (κ1) is 17.2. The fourth-order valence-corrected chi connectivity index (χ4v) is 3.13. The molecule has 0 aliphatic heterocycles. The Balaban J connectivity index is 2.08. The van der Waals surface area contributed by atoms with Crippen LogP contribution in [-0.2, 0) is 0 Å². The maximum Gasteiger partial charge on any atom is 0.224 e. The van der Waals surface area contributed by atoms with Crippen LogP contribution in [0.5, 0.6) is 0 Å². The van der Waals surface area contributed by atoms with E-state index in [0.717, 1.165) is 12.1 Å². The van der Waals surface area contributed by atoms with Crippen molar-refractivity contribution in [1.29, 1.82) is 0 Å². The van der Waals surface area contributed by atoms with Crippen molar-refractivity contribution in [3.8, 4) is 16.9 Å². The van der Waals surface area contributed by atoms with Gasteiger partial charge in [-0.25, -0.2) is 13.8 Å². The third-order valence-electron chi connectivity index (χ3n) is 4.14. The molecule has 0 saturated heterocycles. The van der Waals surface area contributed by atoms with Gasteiger partial charge in [-0.3, -0.25) is 4.57 Å². The van der Waals surface area contributed by atoms with Crippen LogP contribution < -0.4 is 11.5 Å². The number of anilines is 2. The molecule has 0 aliphatic rings. The van der Waals surface area contributed by atoms with Gasteiger partial charge in [-0.05, 0) is 24.6 Å². The molecule has 0 spiro atoms. The van der Waals surface area contributed by atoms with Crippen molar-refractivity contribution in [3.05, 3.63) is 58.9 Å². The van der Waals surface area contributed by atoms with Crippen molar-refractivity contribution in [2.45, 2.75) is 6.92 Å². The molecule has 4 N–H and O–H groups in total. The first-order valence-corrected chi connectivity index (χ1v) is 8.26. The summed E-state index contributed by atoms with van der Waals surface area (Å²) < 4.78 is 29.0. The van der Waals surface area contributed by atoms with E-state index in [-0.39, 0.29) is 17.3 Å². The molecular formula is C18H13ClF2N6. The number of nitrogen functional groups attached to an aromatic ring is 2. The van der Waals surface area contributed by atoms with Crippen molar-refractivity contribution in [1.82, 2.24) is 19.5 Å². The number of imidazole rings is 1. The predicted octanol–water partition coefficient (Wildman–Crippen LogP) is 3.89. The summed E-state index contributed by atoms with van der Waals surface area (Å²) in [6, 6.07) is 9.00. The highest BCUT2D eigenvalue weighted by Crippen LogP contribution is 2.34. The maximum absolute atomic E-state index is 13.9. The lowest BCUT2D eigenvalue weighted by molar-refractivity contribution is 0.510. The number of rotatable bonds is 2. The minimum Gasteiger partial charge on any atom is -0.383 e. The van der Waals surface area contributed by atoms with Crippen LogP contribution in [0.3, 0.4) is 0 Å². The highest BCUT2D eigenvalue weighted by Gasteiger charge is 2.20. The molecule has 2 aromatic heterocycles. The summed E-state index contributed by atoms with van der Waals surface area (Å²) in [4.78, 5) is 12.6. The molecule has 9 heteroatoms. The summed E-state index contributed by atoms with van der Waals surface area (Å²) in [6.07, 6.45) is 0. The molecular weight excluding hydrogens is 374 g/mol. The van der Waals surface area contributed by atoms with Crippen molar-refractivity contribution in [2.24, 2.45) is 0 Å². The summed E-state index contributed by atoms with van der Waals surface area (Å²) in [5.41, 5.74) is 13.7. The fourth-order valence-electron chi connectivity index (χ4n) is 3.00. The van der Waals surface area contributed by atoms with Gasteiger partial charge >= 0.3 is 0 Å². The second kappa shape index (κ2) is 6.17. The van der Waals surface area contributed by atoms with Gasteiger partial charge in [0.05, 0.1) is 16.6 Å². The first-order chi connectivity index (χ1) is 12.8. The normalized spacial score (nSPS) is 11.3. The SMILES string of the molecule is Cc1nc2cc(F)c(F)cc2n1-c1nc(N)nc(N)c1-c1ccc(Cl)cc1. The Morgan fingerprint density at radius 2 is 1.63 bits per heavy atom. The van der Waals surface area contributed by atoms with Crippen LogP contribution in [-0.4, -0.2) is 19.5 Å². The highest BCUT2D eigenvalue weighted by molar-refractivity contribution is 6.30. The number of halogens is 3. The number of hydrogen-bond acceptors (Lipinski definition) is 5. The van der Waals surface area contributed by atoms with E-state index in [9.17, 15) is 8.78 Å². The number of aryl methyl sites for hydroxylation is 1. The average Bonchev–Trinajstić information content (AvgIpc) is 2.90. The fraction of sp³-hybridized carbons (Fsp3) is 0.0556. The third kappa shape index (κ3) is 2.83. The Morgan fingerprint density at radius 3 is 2.33 bits per heavy atom. The van der Waals surface area contributed by atoms with Crippen LogP contribution in [0.2, 0.25) is 5.02 Å². The van der Waals surface area contributed by atoms with E-state index in [1.54, 1.807) is 35.8 Å². The largest absolute Gasteiger partial charge is 0.383 e. The summed E-state index contributed by atoms with van der Waals surface area (Å²) in [5.74, 6) is -1.11. The molecule has 4 aromatic rings. The molecule has 27 heavy (non-hydrogen) atoms. The number of fused-ring (bicyclic) bond motifs is 1. The number of aromatic nitrogens is 4. The quantitative estimate of drug-likeness (QED) is 0.545. The molecule has 0 atom stereocenters. The zero-order chi connectivity index (χ0) is 19.3. The first-order valence-electron chi connectivity index (χ1n) is 7.88. The van der Waals surface area contributed by atoms with Gasteiger partial charge in [0.2, 0.25) is 5.95 Å². The van der Waals surface area contributed by atoms with Gasteiger partial charge < -0.3 is 11.5 Å². The van der Waals surface area contributed by atoms with Crippen molar-refractivity contribution >= 4 is 34.4 Å². The van der Waals surface area contributed by atoms with Crippen LogP contribution in [0.1, 0.15) is 5.82 Å². The molecule has 0 fully saturated rings. The molecule has 0 radical (unpaired) electrons. The Hall–Kier alpha value is -3.26. The molecule has 0 aliphatic carbocycles. The minimum absolute atomic E-state index is 0.0518. The number of nitrogens with two attached hydrogens (primary N) is 2. The molecule has 0 bridgehead atoms. The lowest BCUT2D eigenvalue weighted by atomic mass is 10.1. The van der Waals surface area contributed by atoms with Crippen molar-refractivity contribution in [3.63, 3.8) is 0 Å². The smallest absolute Gasteiger partial charge is 0.224 e. The van der Waals surface area contributed by atoms with Gasteiger partial charge in [-0.2, -0.15) is 9.97 Å². The van der Waals surface area contributed by atoms with E-state index in [4.69, 9.17) is 23.1 Å².